The van der Waals surface area contributed by atoms with Crippen molar-refractivity contribution >= 4 is 63.3 Å². The summed E-state index contributed by atoms with van der Waals surface area (Å²) < 4.78 is 23.1. The van der Waals surface area contributed by atoms with Crippen molar-refractivity contribution < 1.29 is 18.9 Å². The molecule has 0 amide bonds. The van der Waals surface area contributed by atoms with Gasteiger partial charge >= 0.3 is 0 Å². The van der Waals surface area contributed by atoms with Gasteiger partial charge in [-0.25, -0.2) is 0 Å². The number of rotatable bonds is 8. The van der Waals surface area contributed by atoms with Crippen molar-refractivity contribution in [3.63, 3.8) is 0 Å². The molecule has 0 aliphatic carbocycles. The highest BCUT2D eigenvalue weighted by Gasteiger charge is 2.44. The van der Waals surface area contributed by atoms with Crippen LogP contribution in [0.15, 0.2) is 152 Å². The zero-order valence-corrected chi connectivity index (χ0v) is 37.5. The fourth-order valence-electron chi connectivity index (χ4n) is 9.72. The Labute approximate surface area is 373 Å². The van der Waals surface area contributed by atoms with Gasteiger partial charge in [0.1, 0.15) is 23.7 Å². The smallest absolute Gasteiger partial charge is 0.246 e. The minimum Gasteiger partial charge on any atom is -0.462 e. The molecule has 4 unspecified atom stereocenters. The summed E-state index contributed by atoms with van der Waals surface area (Å²) in [6.07, 6.45) is -0.0468. The first-order valence-corrected chi connectivity index (χ1v) is 22.6. The van der Waals surface area contributed by atoms with Gasteiger partial charge in [0.05, 0.1) is 0 Å². The van der Waals surface area contributed by atoms with E-state index in [9.17, 15) is 0 Å². The Kier molecular flexibility index (Phi) is 9.35. The van der Waals surface area contributed by atoms with Gasteiger partial charge in [0.15, 0.2) is 0 Å². The lowest BCUT2D eigenvalue weighted by Crippen LogP contribution is -2.65. The molecule has 7 heteroatoms. The van der Waals surface area contributed by atoms with Crippen LogP contribution in [0.2, 0.25) is 0 Å². The van der Waals surface area contributed by atoms with Crippen LogP contribution < -0.4 is 47.2 Å². The molecule has 2 fully saturated rings. The van der Waals surface area contributed by atoms with E-state index in [1.165, 1.54) is 72.1 Å². The van der Waals surface area contributed by atoms with Crippen molar-refractivity contribution in [3.8, 4) is 33.8 Å². The highest BCUT2D eigenvalue weighted by Crippen LogP contribution is 2.40. The van der Waals surface area contributed by atoms with Crippen molar-refractivity contribution in [3.05, 3.63) is 163 Å². The summed E-state index contributed by atoms with van der Waals surface area (Å²) in [6.45, 7) is 17.8. The van der Waals surface area contributed by atoms with Crippen LogP contribution in [-0.2, 0) is 20.3 Å². The number of hydrogen-bond donors (Lipinski definition) is 0. The third-order valence-corrected chi connectivity index (χ3v) is 13.5. The quantitative estimate of drug-likeness (QED) is 0.113. The second-order valence-electron chi connectivity index (χ2n) is 20.0. The van der Waals surface area contributed by atoms with Crippen LogP contribution in [0, 0.1) is 0 Å². The number of hydrogen-bond acceptors (Lipinski definition) is 5. The van der Waals surface area contributed by atoms with E-state index in [2.05, 4.69) is 198 Å². The van der Waals surface area contributed by atoms with E-state index < -0.39 is 0 Å². The number of benzene rings is 7. The van der Waals surface area contributed by atoms with Gasteiger partial charge in [-0.15, -0.1) is 0 Å². The second-order valence-corrected chi connectivity index (χ2v) is 20.0. The summed E-state index contributed by atoms with van der Waals surface area (Å²) in [4.78, 5) is 2.56. The molecule has 0 N–H and O–H groups in total. The maximum atomic E-state index is 6.03. The zero-order chi connectivity index (χ0) is 43.4. The Balaban J connectivity index is 1.08. The second kappa shape index (κ2) is 14.8. The highest BCUT2D eigenvalue weighted by atomic mass is 16.8. The minimum absolute atomic E-state index is 0.0192. The third-order valence-electron chi connectivity index (χ3n) is 13.5. The fraction of sp³-hybridized carbons (Fsp3) is 0.250. The molecule has 7 aromatic carbocycles. The van der Waals surface area contributed by atoms with Crippen molar-refractivity contribution in [1.29, 1.82) is 0 Å². The van der Waals surface area contributed by atoms with Crippen LogP contribution in [-0.4, -0.2) is 38.2 Å². The first-order chi connectivity index (χ1) is 30.3. The van der Waals surface area contributed by atoms with Crippen LogP contribution in [0.5, 0.6) is 11.5 Å². The summed E-state index contributed by atoms with van der Waals surface area (Å²) >= 11 is 0. The van der Waals surface area contributed by atoms with Gasteiger partial charge in [0.25, 0.3) is 0 Å². The van der Waals surface area contributed by atoms with Gasteiger partial charge in [0, 0.05) is 17.1 Å². The Morgan fingerprint density at radius 2 is 0.810 bits per heavy atom. The zero-order valence-electron chi connectivity index (χ0n) is 37.5. The van der Waals surface area contributed by atoms with Crippen LogP contribution >= 0.6 is 0 Å². The Hall–Kier alpha value is -6.01. The fourth-order valence-corrected chi connectivity index (χ4v) is 9.72. The van der Waals surface area contributed by atoms with Gasteiger partial charge in [-0.2, -0.15) is 0 Å². The Morgan fingerprint density at radius 1 is 0.444 bits per heavy atom. The number of anilines is 3. The molecule has 2 saturated heterocycles. The lowest BCUT2D eigenvalue weighted by molar-refractivity contribution is 0.178. The molecule has 0 saturated carbocycles. The monoisotopic (exact) mass is 825 g/mol. The van der Waals surface area contributed by atoms with Gasteiger partial charge in [-0.1, -0.05) is 168 Å². The van der Waals surface area contributed by atoms with Crippen LogP contribution in [0.4, 0.5) is 17.1 Å². The molecule has 4 aliphatic heterocycles. The largest absolute Gasteiger partial charge is 0.462 e. The van der Waals surface area contributed by atoms with Gasteiger partial charge in [0.2, 0.25) is 26.0 Å². The predicted molar refractivity (Wildman–Crippen MR) is 262 cm³/mol. The van der Waals surface area contributed by atoms with Crippen molar-refractivity contribution in [2.45, 2.75) is 91.0 Å². The normalized spacial score (nSPS) is 19.5. The lowest BCUT2D eigenvalue weighted by Gasteiger charge is -2.44. The maximum absolute atomic E-state index is 6.03. The Morgan fingerprint density at radius 3 is 1.16 bits per heavy atom. The molecule has 0 spiro atoms. The van der Waals surface area contributed by atoms with E-state index in [-0.39, 0.29) is 49.0 Å². The van der Waals surface area contributed by atoms with E-state index in [4.69, 9.17) is 18.9 Å². The maximum Gasteiger partial charge on any atom is 0.246 e. The summed E-state index contributed by atoms with van der Waals surface area (Å²) in [5.41, 5.74) is 18.9. The van der Waals surface area contributed by atoms with Crippen molar-refractivity contribution in [2.24, 2.45) is 0 Å². The number of epoxide rings is 2. The predicted octanol–water partition coefficient (Wildman–Crippen LogP) is 8.99. The molecule has 11 rings (SSSR count). The number of nitrogens with zero attached hydrogens (tertiary/aromatic N) is 1. The first kappa shape index (κ1) is 39.8. The molecule has 312 valence electrons. The Bertz CT molecular complexity index is 2670. The lowest BCUT2D eigenvalue weighted by atomic mass is 9.30. The first-order valence-electron chi connectivity index (χ1n) is 22.6. The number of para-hydroxylation sites is 1. The molecule has 7 aromatic rings. The van der Waals surface area contributed by atoms with Crippen LogP contribution in [0.25, 0.3) is 22.3 Å². The molecular formula is C56H53B2NO4. The number of fused-ring (bicyclic) bond motifs is 4. The molecule has 0 aromatic heterocycles. The molecule has 4 heterocycles. The van der Waals surface area contributed by atoms with E-state index in [0.717, 1.165) is 22.6 Å². The van der Waals surface area contributed by atoms with E-state index >= 15 is 0 Å². The number of ether oxygens (including phenoxy) is 4. The average molecular weight is 826 g/mol. The summed E-state index contributed by atoms with van der Waals surface area (Å²) in [5.74, 6) is 1.64. The molecule has 5 nitrogen and oxygen atoms in total. The summed E-state index contributed by atoms with van der Waals surface area (Å²) in [7, 11) is 0. The molecule has 4 atom stereocenters. The van der Waals surface area contributed by atoms with Crippen molar-refractivity contribution in [2.75, 3.05) is 4.90 Å². The van der Waals surface area contributed by atoms with Gasteiger partial charge in [-0.05, 0) is 116 Å². The topological polar surface area (TPSA) is 46.8 Å². The van der Waals surface area contributed by atoms with E-state index in [1.54, 1.807) is 0 Å². The van der Waals surface area contributed by atoms with Crippen LogP contribution in [0.3, 0.4) is 0 Å². The average Bonchev–Trinajstić information content (AvgIpc) is 4.19. The summed E-state index contributed by atoms with van der Waals surface area (Å²) in [6, 6.07) is 56.8. The SMILES string of the molecule is CC1OC1Oc1ccc(-c2ccc3c(c2)B(c2ccc(C(C)(C)C)cc2)c2cccc4c2N3c2ccc(-c3ccc(OC5OC5C)cc3)cc2B4c2ccc(C(C)(C)C)cc2)cc1. The van der Waals surface area contributed by atoms with E-state index in [0.29, 0.717) is 0 Å². The highest BCUT2D eigenvalue weighted by molar-refractivity contribution is 7.02. The van der Waals surface area contributed by atoms with Crippen LogP contribution in [0.1, 0.15) is 66.5 Å². The molecule has 4 aliphatic rings. The summed E-state index contributed by atoms with van der Waals surface area (Å²) in [5, 5.41) is 0. The molecule has 0 bridgehead atoms. The van der Waals surface area contributed by atoms with E-state index in [1.807, 2.05) is 13.8 Å². The standard InChI is InChI=1S/C56H53B2NO4/c1-34-53(60-34)62-44-26-12-36(13-27-44)38-16-30-50-48(32-38)57(42-22-18-40(19-23-42)55(3,4)5)46-10-9-11-47-52(46)59(50)51-31-17-39(37-14-28-45(29-15-37)63-54-35(2)61-54)33-49(51)58(47)43-24-20-41(21-25-43)56(6,7)8/h9-35,53-54H,1-8H3. The van der Waals surface area contributed by atoms with Gasteiger partial charge < -0.3 is 23.8 Å². The molecule has 0 radical (unpaired) electrons. The van der Waals surface area contributed by atoms with Gasteiger partial charge in [-0.3, -0.25) is 0 Å². The molecular weight excluding hydrogens is 772 g/mol. The van der Waals surface area contributed by atoms with Crippen molar-refractivity contribution in [1.82, 2.24) is 0 Å². The third kappa shape index (κ3) is 7.25. The molecule has 63 heavy (non-hydrogen) atoms. The minimum atomic E-state index is -0.160.